The molecule has 26 heteroatoms. The summed E-state index contributed by atoms with van der Waals surface area (Å²) in [7, 11) is -5.81. The molecule has 1 saturated carbocycles. The Morgan fingerprint density at radius 3 is 1.03 bits per heavy atom. The molecule has 0 radical (unpaired) electrons. The summed E-state index contributed by atoms with van der Waals surface area (Å²) in [6, 6.07) is 0. The predicted molar refractivity (Wildman–Crippen MR) is 453 cm³/mol. The minimum Gasteiger partial charge on any atom is -0.463 e. The highest BCUT2D eigenvalue weighted by Crippen LogP contribution is 2.49. The summed E-state index contributed by atoms with van der Waals surface area (Å²) in [6.07, 6.45) is 30.2. The molecule has 1 aliphatic carbocycles. The van der Waals surface area contributed by atoms with E-state index in [0.717, 1.165) is 161 Å². The molecule has 0 spiro atoms. The first-order valence-electron chi connectivity index (χ1n) is 47.1. The van der Waals surface area contributed by atoms with Crippen LogP contribution in [0.1, 0.15) is 400 Å². The normalized spacial score (nSPS) is 25.1. The highest BCUT2D eigenvalue weighted by atomic mass is 31.2. The third-order valence-corrected chi connectivity index (χ3v) is 23.9. The number of hydrogen-bond acceptors (Lipinski definition) is 24. The van der Waals surface area contributed by atoms with Gasteiger partial charge in [0.15, 0.2) is 24.8 Å². The molecule has 10 N–H and O–H groups in total. The molecule has 3 aliphatic rings. The van der Waals surface area contributed by atoms with Gasteiger partial charge in [0.05, 0.1) is 13.2 Å². The molecule has 2 heterocycles. The van der Waals surface area contributed by atoms with Crippen molar-refractivity contribution in [3.63, 3.8) is 0 Å². The van der Waals surface area contributed by atoms with Gasteiger partial charge in [0.25, 0.3) is 0 Å². The minimum absolute atomic E-state index is 0.0171. The molecular weight excluding hydrogens is 1520 g/mol. The summed E-state index contributed by atoms with van der Waals surface area (Å²) >= 11 is 0. The van der Waals surface area contributed by atoms with Crippen LogP contribution in [-0.2, 0) is 70.7 Å². The van der Waals surface area contributed by atoms with Crippen molar-refractivity contribution in [2.24, 2.45) is 0 Å². The average molecular weight is 1690 g/mol. The van der Waals surface area contributed by atoms with Crippen LogP contribution in [0, 0.1) is 0 Å². The molecule has 0 aromatic heterocycles. The van der Waals surface area contributed by atoms with Crippen LogP contribution in [0.4, 0.5) is 0 Å². The summed E-state index contributed by atoms with van der Waals surface area (Å²) in [4.78, 5) is 66.4. The molecule has 25 nitrogen and oxygen atoms in total. The molecule has 2 saturated heterocycles. The van der Waals surface area contributed by atoms with E-state index in [2.05, 4.69) is 52.0 Å². The fraction of sp³-hybridized carbons (Fsp3) is 0.912. The average Bonchev–Trinajstić information content (AvgIpc) is 0.754. The summed E-state index contributed by atoms with van der Waals surface area (Å²) in [5.41, 5.74) is 0. The molecule has 0 amide bonds. The monoisotopic (exact) mass is 1690 g/mol. The van der Waals surface area contributed by atoms with Gasteiger partial charge in [-0.3, -0.25) is 28.2 Å². The third kappa shape index (κ3) is 50.5. The van der Waals surface area contributed by atoms with Crippen molar-refractivity contribution in [3.8, 4) is 0 Å². The lowest BCUT2D eigenvalue weighted by atomic mass is 9.84. The largest absolute Gasteiger partial charge is 0.472 e. The molecule has 3 fully saturated rings. The van der Waals surface area contributed by atoms with Crippen molar-refractivity contribution in [2.75, 3.05) is 26.4 Å². The Morgan fingerprint density at radius 1 is 0.333 bits per heavy atom. The van der Waals surface area contributed by atoms with E-state index in [1.165, 1.54) is 154 Å². The Bertz CT molecular complexity index is 2530. The summed E-state index contributed by atoms with van der Waals surface area (Å²) in [5.74, 6) is -2.97. The standard InChI is InChI=1S/C91H167O25P/c1-5-9-13-17-21-25-29-33-36-40-43-47-51-55-59-63-74(93)107-68-71(110-76(95)65-61-57-53-49-45-39-32-28-24-20-16-12-8-4)69-109-117(105,106)116-89-87(114-90-84(103)80(99)78(97)72(67-92)111-90)83(102)82(101)86(113-77(96)66-62-58-54-50-46-42-38-35-31-27-23-19-15-11-7-3)88(89)115-91-85(104)81(100)79(98)73(112-91)70-108-75(94)64-60-56-52-48-44-41-37-34-30-26-22-18-14-10-6-2/h25,27,29,31,71-73,78-92,97-104H,5-24,26,28,30,32-70H2,1-4H3,(H,105,106)/b29-25-,31-27-. The summed E-state index contributed by atoms with van der Waals surface area (Å²) in [6.45, 7) is 5.58. The van der Waals surface area contributed by atoms with E-state index in [0.29, 0.717) is 32.1 Å². The first kappa shape index (κ1) is 108. The number of unbranched alkanes of at least 4 members (excludes halogenated alkanes) is 48. The van der Waals surface area contributed by atoms with Crippen molar-refractivity contribution in [2.45, 2.75) is 504 Å². The Kier molecular flexibility index (Phi) is 64.9. The number of allylic oxidation sites excluding steroid dienone is 4. The number of hydrogen-bond donors (Lipinski definition) is 10. The zero-order valence-corrected chi connectivity index (χ0v) is 73.9. The van der Waals surface area contributed by atoms with E-state index < -0.39 is 162 Å². The van der Waals surface area contributed by atoms with Gasteiger partial charge in [-0.15, -0.1) is 0 Å². The number of ether oxygens (including phenoxy) is 8. The highest BCUT2D eigenvalue weighted by Gasteiger charge is 2.60. The van der Waals surface area contributed by atoms with Crippen molar-refractivity contribution < 1.29 is 122 Å². The van der Waals surface area contributed by atoms with E-state index in [1.54, 1.807) is 0 Å². The molecule has 3 rings (SSSR count). The SMILES string of the molecule is CCCCCC/C=C\CCCCCCCCCC(=O)OCC(COP(=O)(O)OC1C(OC2OC(CO)C(O)C(O)C2O)C(O)C(O)C(OC(=O)CCCCCCCCC/C=C\CCCCCC)C1OC1OC(COC(=O)CCCCCCCCCCCCCCCCC)C(O)C(O)C1O)OC(=O)CCCCCCCCCCCCCCC. The number of esters is 4. The van der Waals surface area contributed by atoms with E-state index in [9.17, 15) is 74.6 Å². The maximum absolute atomic E-state index is 14.9. The lowest BCUT2D eigenvalue weighted by Gasteiger charge is -2.50. The quantitative estimate of drug-likeness (QED) is 0.00889. The number of carbonyl (C=O) groups is 4. The molecule has 0 aromatic carbocycles. The zero-order valence-electron chi connectivity index (χ0n) is 73.0. The van der Waals surface area contributed by atoms with Crippen LogP contribution in [0.15, 0.2) is 24.3 Å². The number of rotatable bonds is 76. The lowest BCUT2D eigenvalue weighted by Crippen LogP contribution is -2.70. The van der Waals surface area contributed by atoms with E-state index in [-0.39, 0.29) is 25.7 Å². The Hall–Kier alpha value is -3.05. The van der Waals surface area contributed by atoms with Crippen molar-refractivity contribution in [3.05, 3.63) is 24.3 Å². The number of aliphatic hydroxyl groups is 9. The van der Waals surface area contributed by atoms with Gasteiger partial charge in [-0.2, -0.15) is 0 Å². The smallest absolute Gasteiger partial charge is 0.463 e. The van der Waals surface area contributed by atoms with Gasteiger partial charge < -0.3 is 88.7 Å². The predicted octanol–water partition coefficient (Wildman–Crippen LogP) is 17.3. The first-order valence-corrected chi connectivity index (χ1v) is 48.6. The molecule has 0 bridgehead atoms. The Labute approximate surface area is 704 Å². The van der Waals surface area contributed by atoms with Gasteiger partial charge in [0, 0.05) is 25.7 Å². The van der Waals surface area contributed by atoms with Crippen LogP contribution in [0.2, 0.25) is 0 Å². The fourth-order valence-electron chi connectivity index (χ4n) is 15.4. The molecule has 0 aromatic rings. The lowest BCUT2D eigenvalue weighted by molar-refractivity contribution is -0.360. The Balaban J connectivity index is 1.92. The highest BCUT2D eigenvalue weighted by molar-refractivity contribution is 7.47. The van der Waals surface area contributed by atoms with Gasteiger partial charge in [-0.25, -0.2) is 4.57 Å². The molecule has 18 atom stereocenters. The van der Waals surface area contributed by atoms with Crippen LogP contribution in [-0.4, -0.2) is 205 Å². The third-order valence-electron chi connectivity index (χ3n) is 22.9. The summed E-state index contributed by atoms with van der Waals surface area (Å²) < 4.78 is 73.4. The molecular formula is C91H167O25P. The number of carbonyl (C=O) groups excluding carboxylic acids is 4. The van der Waals surface area contributed by atoms with Gasteiger partial charge in [-0.05, 0) is 77.0 Å². The Morgan fingerprint density at radius 2 is 0.641 bits per heavy atom. The van der Waals surface area contributed by atoms with Crippen molar-refractivity contribution in [1.82, 2.24) is 0 Å². The van der Waals surface area contributed by atoms with Gasteiger partial charge in [0.2, 0.25) is 0 Å². The maximum Gasteiger partial charge on any atom is 0.472 e. The zero-order chi connectivity index (χ0) is 85.4. The van der Waals surface area contributed by atoms with Crippen LogP contribution in [0.25, 0.3) is 0 Å². The first-order chi connectivity index (χ1) is 56.7. The molecule has 2 aliphatic heterocycles. The fourth-order valence-corrected chi connectivity index (χ4v) is 16.4. The maximum atomic E-state index is 14.9. The molecule has 686 valence electrons. The van der Waals surface area contributed by atoms with Crippen LogP contribution < -0.4 is 0 Å². The van der Waals surface area contributed by atoms with E-state index in [1.807, 2.05) is 0 Å². The minimum atomic E-state index is -5.81. The second kappa shape index (κ2) is 70.3. The van der Waals surface area contributed by atoms with Gasteiger partial charge >= 0.3 is 31.7 Å². The second-order valence-corrected chi connectivity index (χ2v) is 34.9. The molecule has 117 heavy (non-hydrogen) atoms. The van der Waals surface area contributed by atoms with Crippen LogP contribution in [0.3, 0.4) is 0 Å². The topological polar surface area (TPSA) is 380 Å². The van der Waals surface area contributed by atoms with Gasteiger partial charge in [0.1, 0.15) is 92.6 Å². The number of phosphoric ester groups is 1. The second-order valence-electron chi connectivity index (χ2n) is 33.5. The molecule has 18 unspecified atom stereocenters. The number of aliphatic hydroxyl groups excluding tert-OH is 9. The van der Waals surface area contributed by atoms with Crippen LogP contribution in [0.5, 0.6) is 0 Å². The summed E-state index contributed by atoms with van der Waals surface area (Å²) in [5, 5.41) is 102. The number of phosphoric acid groups is 1. The van der Waals surface area contributed by atoms with Crippen molar-refractivity contribution >= 4 is 31.7 Å². The van der Waals surface area contributed by atoms with Crippen LogP contribution >= 0.6 is 7.82 Å². The van der Waals surface area contributed by atoms with Gasteiger partial charge in [-0.1, -0.05) is 322 Å². The van der Waals surface area contributed by atoms with E-state index in [4.69, 9.17) is 46.9 Å². The van der Waals surface area contributed by atoms with Crippen molar-refractivity contribution in [1.29, 1.82) is 0 Å². The van der Waals surface area contributed by atoms with E-state index >= 15 is 0 Å².